The average Bonchev–Trinajstić information content (AvgIpc) is 3.88. The number of alkyl carbamates (subject to hydrolysis) is 1. The molecule has 0 spiro atoms. The molecule has 0 aromatic carbocycles. The fourth-order valence-corrected chi connectivity index (χ4v) is 7.63. The number of rotatable bonds is 16. The number of esters is 1. The Morgan fingerprint density at radius 1 is 0.462 bits per heavy atom. The first-order chi connectivity index (χ1) is 30.0. The number of carbonyl (C=O) groups excluding carboxylic acids is 5. The first-order valence-corrected chi connectivity index (χ1v) is 22.2. The highest BCUT2D eigenvalue weighted by atomic mass is 16.6. The summed E-state index contributed by atoms with van der Waals surface area (Å²) in [6.07, 6.45) is -0.583. The minimum Gasteiger partial charge on any atom is -0.464 e. The van der Waals surface area contributed by atoms with Crippen LogP contribution in [0.2, 0.25) is 0 Å². The lowest BCUT2D eigenvalue weighted by atomic mass is 10.0. The van der Waals surface area contributed by atoms with Crippen molar-refractivity contribution in [2.45, 2.75) is 134 Å². The van der Waals surface area contributed by atoms with E-state index >= 15 is 0 Å². The van der Waals surface area contributed by atoms with E-state index in [1.807, 2.05) is 55.4 Å². The zero-order valence-electron chi connectivity index (χ0n) is 42.1. The molecule has 0 fully saturated rings. The van der Waals surface area contributed by atoms with E-state index in [1.54, 1.807) is 94.9 Å². The SMILES string of the molecule is COC(=O)c1nc([C@@H](NC(=O)c2nc([C@@H](NC(=O)c3nc([C@@H](NC(=O)c4nc([C@@H](NC(=O)OC(C)(C)C)C(C)C)n(C)c4C)C(C)C)n(C)c3C)C(C)C)n(C)c2C)C(C)C)n(C)c1C. The Bertz CT molecular complexity index is 2420. The molecule has 65 heavy (non-hydrogen) atoms. The van der Waals surface area contributed by atoms with E-state index in [9.17, 15) is 24.0 Å². The summed E-state index contributed by atoms with van der Waals surface area (Å²) in [7, 11) is 8.48. The van der Waals surface area contributed by atoms with Crippen molar-refractivity contribution in [2.24, 2.45) is 51.9 Å². The molecule has 0 unspecified atom stereocenters. The minimum atomic E-state index is -0.692. The van der Waals surface area contributed by atoms with Crippen LogP contribution in [0.4, 0.5) is 4.79 Å². The predicted octanol–water partition coefficient (Wildman–Crippen LogP) is 6.24. The molecule has 19 nitrogen and oxygen atoms in total. The third-order valence-electron chi connectivity index (χ3n) is 12.0. The number of nitrogens with zero attached hydrogens (tertiary/aromatic N) is 8. The topological polar surface area (TPSA) is 223 Å². The van der Waals surface area contributed by atoms with E-state index in [-0.39, 0.29) is 46.4 Å². The lowest BCUT2D eigenvalue weighted by Gasteiger charge is -2.25. The maximum atomic E-state index is 14.3. The molecular formula is C46H72N12O7. The van der Waals surface area contributed by atoms with Gasteiger partial charge in [-0.3, -0.25) is 14.4 Å². The van der Waals surface area contributed by atoms with Crippen molar-refractivity contribution >= 4 is 29.8 Å². The Morgan fingerprint density at radius 3 is 0.954 bits per heavy atom. The molecule has 4 heterocycles. The molecule has 358 valence electrons. The summed E-state index contributed by atoms with van der Waals surface area (Å²) in [5.74, 6) is -0.386. The molecule has 19 heteroatoms. The summed E-state index contributed by atoms with van der Waals surface area (Å²) < 4.78 is 17.6. The van der Waals surface area contributed by atoms with Crippen molar-refractivity contribution in [1.82, 2.24) is 59.5 Å². The first kappa shape index (κ1) is 51.6. The minimum absolute atomic E-state index is 0.0735. The Hall–Kier alpha value is -6.01. The summed E-state index contributed by atoms with van der Waals surface area (Å²) in [5.41, 5.74) is 2.44. The normalized spacial score (nSPS) is 13.8. The van der Waals surface area contributed by atoms with E-state index < -0.39 is 59.6 Å². The van der Waals surface area contributed by atoms with Gasteiger partial charge in [-0.2, -0.15) is 0 Å². The highest BCUT2D eigenvalue weighted by Gasteiger charge is 2.35. The molecule has 0 bridgehead atoms. The van der Waals surface area contributed by atoms with Crippen molar-refractivity contribution < 1.29 is 33.4 Å². The number of aromatic nitrogens is 8. The lowest BCUT2D eigenvalue weighted by Crippen LogP contribution is -2.38. The summed E-state index contributed by atoms with van der Waals surface area (Å²) in [4.78, 5) is 86.6. The van der Waals surface area contributed by atoms with E-state index in [0.29, 0.717) is 46.1 Å². The monoisotopic (exact) mass is 905 g/mol. The number of amides is 4. The lowest BCUT2D eigenvalue weighted by molar-refractivity contribution is 0.0484. The quantitative estimate of drug-likeness (QED) is 0.0921. The van der Waals surface area contributed by atoms with Crippen molar-refractivity contribution in [3.05, 3.63) is 68.8 Å². The number of hydrogen-bond donors (Lipinski definition) is 4. The van der Waals surface area contributed by atoms with Crippen LogP contribution < -0.4 is 21.3 Å². The largest absolute Gasteiger partial charge is 0.464 e. The van der Waals surface area contributed by atoms with Gasteiger partial charge in [-0.1, -0.05) is 55.4 Å². The molecular weight excluding hydrogens is 833 g/mol. The summed E-state index contributed by atoms with van der Waals surface area (Å²) in [6, 6.07) is -2.34. The van der Waals surface area contributed by atoms with Crippen LogP contribution in [0.1, 0.15) is 188 Å². The Morgan fingerprint density at radius 2 is 0.708 bits per heavy atom. The van der Waals surface area contributed by atoms with Gasteiger partial charge in [0.25, 0.3) is 17.7 Å². The van der Waals surface area contributed by atoms with Gasteiger partial charge in [-0.05, 0) is 72.1 Å². The molecule has 0 aliphatic heterocycles. The van der Waals surface area contributed by atoms with E-state index in [4.69, 9.17) is 24.4 Å². The van der Waals surface area contributed by atoms with E-state index in [2.05, 4.69) is 26.3 Å². The van der Waals surface area contributed by atoms with Gasteiger partial charge in [0.1, 0.15) is 46.0 Å². The summed E-state index contributed by atoms with van der Waals surface area (Å²) in [5, 5.41) is 12.3. The molecule has 4 amide bonds. The molecule has 4 N–H and O–H groups in total. The van der Waals surface area contributed by atoms with Crippen LogP contribution in [0.3, 0.4) is 0 Å². The van der Waals surface area contributed by atoms with Gasteiger partial charge >= 0.3 is 12.1 Å². The Labute approximate surface area is 383 Å². The smallest absolute Gasteiger partial charge is 0.408 e. The zero-order valence-corrected chi connectivity index (χ0v) is 42.1. The molecule has 4 atom stereocenters. The number of methoxy groups -OCH3 is 1. The van der Waals surface area contributed by atoms with Crippen molar-refractivity contribution in [1.29, 1.82) is 0 Å². The standard InChI is InChI=1S/C46H72N12O7/c1-21(2)29(37-48-34(26(10)56(37)17)42(60)53-31(23(5)6)39-50-36(44(62)64-20)28(12)58(39)19)51-41(59)33-25(9)55(16)38(47-33)30(22(3)4)52-43(61)35-27(11)57(18)40(49-35)32(24(7)8)54-45(63)65-46(13,14)15/h21-24,29-32H,1-20H3,(H,51,59)(H,52,61)(H,53,60)(H,54,63)/t29-,30-,31-,32-/m0/s1. The van der Waals surface area contributed by atoms with Crippen LogP contribution in [0.15, 0.2) is 0 Å². The maximum absolute atomic E-state index is 14.3. The number of ether oxygens (including phenoxy) is 2. The van der Waals surface area contributed by atoms with Crippen LogP contribution in [0, 0.1) is 51.4 Å². The van der Waals surface area contributed by atoms with Crippen LogP contribution in [0.25, 0.3) is 0 Å². The third-order valence-corrected chi connectivity index (χ3v) is 12.0. The zero-order chi connectivity index (χ0) is 49.3. The van der Waals surface area contributed by atoms with Gasteiger partial charge in [0.2, 0.25) is 0 Å². The van der Waals surface area contributed by atoms with Crippen LogP contribution in [0.5, 0.6) is 0 Å². The van der Waals surface area contributed by atoms with Crippen LogP contribution in [-0.4, -0.2) is 80.7 Å². The maximum Gasteiger partial charge on any atom is 0.408 e. The number of carbonyl (C=O) groups is 5. The summed E-state index contributed by atoms with van der Waals surface area (Å²) in [6.45, 7) is 28.1. The van der Waals surface area contributed by atoms with Gasteiger partial charge in [-0.25, -0.2) is 29.5 Å². The van der Waals surface area contributed by atoms with Gasteiger partial charge in [0.05, 0.1) is 31.3 Å². The highest BCUT2D eigenvalue weighted by Crippen LogP contribution is 2.30. The fourth-order valence-electron chi connectivity index (χ4n) is 7.63. The van der Waals surface area contributed by atoms with Gasteiger partial charge in [-0.15, -0.1) is 0 Å². The Kier molecular flexibility index (Phi) is 15.9. The second-order valence-corrected chi connectivity index (χ2v) is 19.3. The molecule has 0 radical (unpaired) electrons. The molecule has 0 aliphatic rings. The first-order valence-electron chi connectivity index (χ1n) is 22.2. The van der Waals surface area contributed by atoms with Crippen molar-refractivity contribution in [2.75, 3.05) is 7.11 Å². The van der Waals surface area contributed by atoms with Crippen LogP contribution in [-0.2, 0) is 37.7 Å². The van der Waals surface area contributed by atoms with E-state index in [1.165, 1.54) is 7.11 Å². The second-order valence-electron chi connectivity index (χ2n) is 19.3. The molecule has 0 aliphatic carbocycles. The molecule has 0 saturated carbocycles. The number of imidazole rings is 4. The van der Waals surface area contributed by atoms with Crippen LogP contribution >= 0.6 is 0 Å². The van der Waals surface area contributed by atoms with Gasteiger partial charge in [0.15, 0.2) is 5.69 Å². The fraction of sp³-hybridized carbons (Fsp3) is 0.630. The second kappa shape index (κ2) is 20.0. The number of nitrogens with one attached hydrogen (secondary N) is 4. The third kappa shape index (κ3) is 10.9. The van der Waals surface area contributed by atoms with Gasteiger partial charge in [0, 0.05) is 51.0 Å². The molecule has 0 saturated heterocycles. The highest BCUT2D eigenvalue weighted by molar-refractivity contribution is 5.95. The molecule has 4 aromatic heterocycles. The molecule has 4 aromatic rings. The predicted molar refractivity (Wildman–Crippen MR) is 245 cm³/mol. The van der Waals surface area contributed by atoms with E-state index in [0.717, 1.165) is 0 Å². The average molecular weight is 905 g/mol. The van der Waals surface area contributed by atoms with Gasteiger partial charge < -0.3 is 49.0 Å². The van der Waals surface area contributed by atoms with Crippen molar-refractivity contribution in [3.63, 3.8) is 0 Å². The Balaban J connectivity index is 1.61. The van der Waals surface area contributed by atoms with Crippen molar-refractivity contribution in [3.8, 4) is 0 Å². The molecule has 4 rings (SSSR count). The number of hydrogen-bond acceptors (Lipinski definition) is 11. The summed E-state index contributed by atoms with van der Waals surface area (Å²) >= 11 is 0.